The third-order valence-electron chi connectivity index (χ3n) is 4.60. The number of rotatable bonds is 8. The van der Waals surface area contributed by atoms with Crippen LogP contribution in [0.5, 0.6) is 5.75 Å². The molecule has 0 aliphatic carbocycles. The van der Waals surface area contributed by atoms with E-state index in [-0.39, 0.29) is 19.1 Å². The molecule has 28 heavy (non-hydrogen) atoms. The fraction of sp³-hybridized carbons (Fsp3) is 0.238. The van der Waals surface area contributed by atoms with Gasteiger partial charge in [-0.2, -0.15) is 0 Å². The highest BCUT2D eigenvalue weighted by Crippen LogP contribution is 2.23. The first-order chi connectivity index (χ1) is 13.7. The lowest BCUT2D eigenvalue weighted by atomic mass is 10.1. The van der Waals surface area contributed by atoms with Gasteiger partial charge in [-0.1, -0.05) is 12.1 Å². The summed E-state index contributed by atoms with van der Waals surface area (Å²) in [6, 6.07) is 13.7. The summed E-state index contributed by atoms with van der Waals surface area (Å²) < 4.78 is 10.8. The van der Waals surface area contributed by atoms with Gasteiger partial charge in [0.2, 0.25) is 5.91 Å². The summed E-state index contributed by atoms with van der Waals surface area (Å²) in [7, 11) is 1.65. The highest BCUT2D eigenvalue weighted by molar-refractivity contribution is 5.84. The number of aromatic amines is 2. The van der Waals surface area contributed by atoms with Crippen LogP contribution >= 0.6 is 0 Å². The summed E-state index contributed by atoms with van der Waals surface area (Å²) in [6.07, 6.45) is 2.69. The number of hydrogen-bond donors (Lipinski definition) is 3. The minimum Gasteiger partial charge on any atom is -0.497 e. The van der Waals surface area contributed by atoms with Gasteiger partial charge in [0, 0.05) is 23.6 Å². The van der Waals surface area contributed by atoms with E-state index in [0.717, 1.165) is 39.7 Å². The maximum absolute atomic E-state index is 12.0. The van der Waals surface area contributed by atoms with Crippen molar-refractivity contribution in [1.29, 1.82) is 0 Å². The molecule has 2 aromatic carbocycles. The van der Waals surface area contributed by atoms with Gasteiger partial charge in [0.1, 0.15) is 24.8 Å². The van der Waals surface area contributed by atoms with Gasteiger partial charge in [0.05, 0.1) is 18.1 Å². The number of nitrogens with zero attached hydrogens (tertiary/aromatic N) is 1. The van der Waals surface area contributed by atoms with Crippen molar-refractivity contribution < 1.29 is 14.3 Å². The fourth-order valence-electron chi connectivity index (χ4n) is 3.19. The Morgan fingerprint density at radius 3 is 2.93 bits per heavy atom. The van der Waals surface area contributed by atoms with E-state index in [1.165, 1.54) is 0 Å². The van der Waals surface area contributed by atoms with Crippen LogP contribution in [0.25, 0.3) is 21.9 Å². The van der Waals surface area contributed by atoms with Crippen LogP contribution in [0.3, 0.4) is 0 Å². The molecule has 0 aliphatic rings. The Bertz CT molecular complexity index is 1070. The molecular formula is C21H22N4O3. The molecule has 4 aromatic rings. The molecule has 0 saturated heterocycles. The second kappa shape index (κ2) is 8.14. The Kier molecular flexibility index (Phi) is 5.25. The molecule has 0 aliphatic heterocycles. The highest BCUT2D eigenvalue weighted by Gasteiger charge is 2.07. The fourth-order valence-corrected chi connectivity index (χ4v) is 3.19. The van der Waals surface area contributed by atoms with Crippen LogP contribution < -0.4 is 10.1 Å². The van der Waals surface area contributed by atoms with Gasteiger partial charge < -0.3 is 24.8 Å². The standard InChI is InChI=1S/C21H22N4O3/c1-27-15-6-7-17-16(10-15)14(11-23-17)8-9-22-21(26)13-28-12-20-24-18-4-2-3-5-19(18)25-20/h2-7,10-11,23H,8-9,12-13H2,1H3,(H,22,26)(H,24,25). The molecule has 1 amide bonds. The zero-order chi connectivity index (χ0) is 19.3. The summed E-state index contributed by atoms with van der Waals surface area (Å²) in [6.45, 7) is 0.806. The van der Waals surface area contributed by atoms with Crippen molar-refractivity contribution in [1.82, 2.24) is 20.3 Å². The minimum atomic E-state index is -0.145. The van der Waals surface area contributed by atoms with E-state index in [9.17, 15) is 4.79 Å². The number of ether oxygens (including phenoxy) is 2. The number of nitrogens with one attached hydrogen (secondary N) is 3. The molecule has 4 rings (SSSR count). The van der Waals surface area contributed by atoms with Crippen molar-refractivity contribution >= 4 is 27.8 Å². The molecule has 7 nitrogen and oxygen atoms in total. The number of H-pyrrole nitrogens is 2. The second-order valence-electron chi connectivity index (χ2n) is 6.52. The lowest BCUT2D eigenvalue weighted by Gasteiger charge is -2.06. The molecular weight excluding hydrogens is 356 g/mol. The summed E-state index contributed by atoms with van der Waals surface area (Å²) >= 11 is 0. The summed E-state index contributed by atoms with van der Waals surface area (Å²) in [5.41, 5.74) is 4.04. The first-order valence-electron chi connectivity index (χ1n) is 9.15. The summed E-state index contributed by atoms with van der Waals surface area (Å²) in [5.74, 6) is 1.38. The number of fused-ring (bicyclic) bond motifs is 2. The van der Waals surface area contributed by atoms with Gasteiger partial charge in [0.15, 0.2) is 0 Å². The second-order valence-corrected chi connectivity index (χ2v) is 6.52. The summed E-state index contributed by atoms with van der Waals surface area (Å²) in [5, 5.41) is 3.99. The van der Waals surface area contributed by atoms with Crippen molar-refractivity contribution in [2.75, 3.05) is 20.3 Å². The molecule has 0 fully saturated rings. The van der Waals surface area contributed by atoms with Gasteiger partial charge in [-0.3, -0.25) is 4.79 Å². The SMILES string of the molecule is COc1ccc2[nH]cc(CCNC(=O)COCc3nc4ccccc4[nH]3)c2c1. The Hall–Kier alpha value is -3.32. The lowest BCUT2D eigenvalue weighted by Crippen LogP contribution is -2.29. The summed E-state index contributed by atoms with van der Waals surface area (Å²) in [4.78, 5) is 22.8. The average Bonchev–Trinajstić information content (AvgIpc) is 3.31. The minimum absolute atomic E-state index is 0.00124. The molecule has 0 atom stereocenters. The number of carbonyl (C=O) groups excluding carboxylic acids is 1. The Balaban J connectivity index is 1.23. The average molecular weight is 378 g/mol. The van der Waals surface area contributed by atoms with E-state index in [1.807, 2.05) is 48.7 Å². The zero-order valence-electron chi connectivity index (χ0n) is 15.6. The van der Waals surface area contributed by atoms with Gasteiger partial charge >= 0.3 is 0 Å². The van der Waals surface area contributed by atoms with Gasteiger partial charge in [-0.05, 0) is 42.3 Å². The maximum Gasteiger partial charge on any atom is 0.246 e. The molecule has 7 heteroatoms. The van der Waals surface area contributed by atoms with Crippen molar-refractivity contribution in [3.8, 4) is 5.75 Å². The molecule has 0 bridgehead atoms. The van der Waals surface area contributed by atoms with E-state index < -0.39 is 0 Å². The van der Waals surface area contributed by atoms with E-state index >= 15 is 0 Å². The highest BCUT2D eigenvalue weighted by atomic mass is 16.5. The third-order valence-corrected chi connectivity index (χ3v) is 4.60. The lowest BCUT2D eigenvalue weighted by molar-refractivity contribution is -0.126. The quantitative estimate of drug-likeness (QED) is 0.440. The zero-order valence-corrected chi connectivity index (χ0v) is 15.6. The normalized spacial score (nSPS) is 11.2. The first-order valence-corrected chi connectivity index (χ1v) is 9.15. The molecule has 3 N–H and O–H groups in total. The Labute approximate surface area is 162 Å². The number of para-hydroxylation sites is 2. The van der Waals surface area contributed by atoms with Crippen LogP contribution in [0.2, 0.25) is 0 Å². The van der Waals surface area contributed by atoms with Crippen molar-refractivity contribution in [2.24, 2.45) is 0 Å². The van der Waals surface area contributed by atoms with Crippen LogP contribution in [-0.2, 0) is 22.6 Å². The van der Waals surface area contributed by atoms with Crippen LogP contribution in [0, 0.1) is 0 Å². The van der Waals surface area contributed by atoms with E-state index in [1.54, 1.807) is 7.11 Å². The molecule has 0 spiro atoms. The first kappa shape index (κ1) is 18.1. The van der Waals surface area contributed by atoms with Gasteiger partial charge in [0.25, 0.3) is 0 Å². The molecule has 0 saturated carbocycles. The van der Waals surface area contributed by atoms with Crippen molar-refractivity contribution in [2.45, 2.75) is 13.0 Å². The smallest absolute Gasteiger partial charge is 0.246 e. The number of benzene rings is 2. The van der Waals surface area contributed by atoms with Gasteiger partial charge in [-0.15, -0.1) is 0 Å². The van der Waals surface area contributed by atoms with Gasteiger partial charge in [-0.25, -0.2) is 4.98 Å². The molecule has 0 radical (unpaired) electrons. The van der Waals surface area contributed by atoms with Crippen molar-refractivity contribution in [3.05, 3.63) is 60.0 Å². The van der Waals surface area contributed by atoms with E-state index in [4.69, 9.17) is 9.47 Å². The number of imidazole rings is 1. The predicted octanol–water partition coefficient (Wildman–Crippen LogP) is 2.93. The monoisotopic (exact) mass is 378 g/mol. The number of methoxy groups -OCH3 is 1. The van der Waals surface area contributed by atoms with Crippen LogP contribution in [-0.4, -0.2) is 41.1 Å². The van der Waals surface area contributed by atoms with E-state index in [0.29, 0.717) is 12.4 Å². The third kappa shape index (κ3) is 3.99. The van der Waals surface area contributed by atoms with Crippen molar-refractivity contribution in [3.63, 3.8) is 0 Å². The molecule has 2 aromatic heterocycles. The molecule has 2 heterocycles. The Morgan fingerprint density at radius 2 is 2.07 bits per heavy atom. The molecule has 0 unspecified atom stereocenters. The number of aromatic nitrogens is 3. The molecule has 144 valence electrons. The topological polar surface area (TPSA) is 92.0 Å². The predicted molar refractivity (Wildman–Crippen MR) is 107 cm³/mol. The maximum atomic E-state index is 12.0. The van der Waals surface area contributed by atoms with E-state index in [2.05, 4.69) is 20.3 Å². The number of carbonyl (C=O) groups is 1. The van der Waals surface area contributed by atoms with Crippen LogP contribution in [0.4, 0.5) is 0 Å². The number of hydrogen-bond acceptors (Lipinski definition) is 4. The Morgan fingerprint density at radius 1 is 1.18 bits per heavy atom. The largest absolute Gasteiger partial charge is 0.497 e. The van der Waals surface area contributed by atoms with Crippen LogP contribution in [0.15, 0.2) is 48.7 Å². The number of amides is 1. The van der Waals surface area contributed by atoms with Crippen LogP contribution in [0.1, 0.15) is 11.4 Å².